The highest BCUT2D eigenvalue weighted by Crippen LogP contribution is 2.63. The topological polar surface area (TPSA) is 38.9 Å². The third-order valence-corrected chi connectivity index (χ3v) is 13.8. The lowest BCUT2D eigenvalue weighted by Crippen LogP contribution is -2.25. The summed E-state index contributed by atoms with van der Waals surface area (Å²) in [7, 11) is 0. The minimum Gasteiger partial charge on any atom is -0.455 e. The van der Waals surface area contributed by atoms with Gasteiger partial charge < -0.3 is 4.42 Å². The lowest BCUT2D eigenvalue weighted by Gasteiger charge is -2.30. The number of para-hydroxylation sites is 2. The van der Waals surface area contributed by atoms with E-state index < -0.39 is 5.41 Å². The molecule has 0 atom stereocenters. The zero-order valence-corrected chi connectivity index (χ0v) is 33.4. The Bertz CT molecular complexity index is 3790. The minimum absolute atomic E-state index is 0.408. The average Bonchev–Trinajstić information content (AvgIpc) is 3.98. The molecule has 62 heavy (non-hydrogen) atoms. The molecule has 10 aromatic carbocycles. The van der Waals surface area contributed by atoms with Crippen LogP contribution in [0.5, 0.6) is 0 Å². The van der Waals surface area contributed by atoms with E-state index in [0.717, 1.165) is 77.1 Å². The zero-order chi connectivity index (χ0) is 40.5. The second-order valence-electron chi connectivity index (χ2n) is 16.8. The third-order valence-electron chi connectivity index (χ3n) is 13.8. The largest absolute Gasteiger partial charge is 0.455 e. The first-order valence-electron chi connectivity index (χ1n) is 21.3. The van der Waals surface area contributed by atoms with E-state index in [0.29, 0.717) is 0 Å². The van der Waals surface area contributed by atoms with Crippen molar-refractivity contribution < 1.29 is 4.42 Å². The van der Waals surface area contributed by atoms with Crippen molar-refractivity contribution in [3.8, 4) is 55.6 Å². The molecule has 3 nitrogen and oxygen atoms in total. The Balaban J connectivity index is 0.925. The fourth-order valence-corrected chi connectivity index (χ4v) is 11.2. The molecule has 2 aliphatic rings. The number of rotatable bonds is 3. The summed E-state index contributed by atoms with van der Waals surface area (Å²) in [5.74, 6) is 0. The van der Waals surface area contributed by atoms with Gasteiger partial charge in [-0.05, 0) is 95.7 Å². The van der Waals surface area contributed by atoms with Gasteiger partial charge in [-0.15, -0.1) is 0 Å². The standard InChI is InChI=1S/C59H34N2O/c1-2-18-46-41(14-1)50-33-36(26-29-47(50)56-55(46)60-30-31-61-56)35-12-9-13-37(32-35)39-19-10-21-48-49-22-11-20-40(58(49)62-57(39)48)38-27-28-45-44-17-5-8-25-53(44)59(54(45)34-38)51-23-6-3-15-42(51)43-16-4-7-24-52(43)59/h1-34H. The molecule has 0 fully saturated rings. The Morgan fingerprint density at radius 2 is 0.742 bits per heavy atom. The molecule has 3 heteroatoms. The summed E-state index contributed by atoms with van der Waals surface area (Å²) in [6.45, 7) is 0. The Morgan fingerprint density at radius 3 is 1.39 bits per heavy atom. The molecular weight excluding hydrogens is 753 g/mol. The predicted octanol–water partition coefficient (Wildman–Crippen LogP) is 15.2. The van der Waals surface area contributed by atoms with Crippen LogP contribution in [-0.2, 0) is 5.41 Å². The van der Waals surface area contributed by atoms with Crippen molar-refractivity contribution in [2.75, 3.05) is 0 Å². The van der Waals surface area contributed by atoms with Gasteiger partial charge in [0.25, 0.3) is 0 Å². The summed E-state index contributed by atoms with van der Waals surface area (Å²) in [5, 5.41) is 6.79. The maximum absolute atomic E-state index is 7.11. The summed E-state index contributed by atoms with van der Waals surface area (Å²) < 4.78 is 7.11. The number of fused-ring (bicyclic) bond motifs is 19. The first-order chi connectivity index (χ1) is 30.8. The van der Waals surface area contributed by atoms with E-state index in [-0.39, 0.29) is 0 Å². The third kappa shape index (κ3) is 4.39. The second kappa shape index (κ2) is 12.4. The highest BCUT2D eigenvalue weighted by Gasteiger charge is 2.51. The Morgan fingerprint density at radius 1 is 0.290 bits per heavy atom. The Labute approximate surface area is 357 Å². The molecule has 286 valence electrons. The zero-order valence-electron chi connectivity index (χ0n) is 33.4. The monoisotopic (exact) mass is 786 g/mol. The molecule has 14 rings (SSSR count). The van der Waals surface area contributed by atoms with Crippen LogP contribution < -0.4 is 0 Å². The molecule has 0 saturated carbocycles. The second-order valence-corrected chi connectivity index (χ2v) is 16.8. The van der Waals surface area contributed by atoms with Crippen LogP contribution in [0.3, 0.4) is 0 Å². The lowest BCUT2D eigenvalue weighted by atomic mass is 9.70. The predicted molar refractivity (Wildman–Crippen MR) is 254 cm³/mol. The van der Waals surface area contributed by atoms with Crippen molar-refractivity contribution >= 4 is 54.5 Å². The van der Waals surface area contributed by atoms with Crippen LogP contribution in [0, 0.1) is 0 Å². The van der Waals surface area contributed by atoms with Gasteiger partial charge in [0.2, 0.25) is 0 Å². The molecule has 12 aromatic rings. The maximum atomic E-state index is 7.11. The minimum atomic E-state index is -0.408. The molecule has 0 amide bonds. The molecule has 2 aliphatic carbocycles. The van der Waals surface area contributed by atoms with Crippen LogP contribution in [0.1, 0.15) is 22.3 Å². The molecule has 0 aliphatic heterocycles. The van der Waals surface area contributed by atoms with Gasteiger partial charge >= 0.3 is 0 Å². The normalized spacial score (nSPS) is 13.3. The van der Waals surface area contributed by atoms with E-state index in [1.54, 1.807) is 12.4 Å². The molecule has 1 spiro atoms. The average molecular weight is 787 g/mol. The van der Waals surface area contributed by atoms with E-state index >= 15 is 0 Å². The van der Waals surface area contributed by atoms with Crippen molar-refractivity contribution in [1.82, 2.24) is 9.97 Å². The molecule has 0 N–H and O–H groups in total. The number of aromatic nitrogens is 2. The van der Waals surface area contributed by atoms with E-state index in [1.165, 1.54) is 55.3 Å². The SMILES string of the molecule is c1cc(-c2ccc3c(c2)c2ccccc2c2nccnc32)cc(-c2cccc3c2oc2c(-c4ccc5c(c4)C4(c6ccccc6-c6ccccc64)c4ccccc4-5)cccc23)c1. The molecule has 0 saturated heterocycles. The summed E-state index contributed by atoms with van der Waals surface area (Å²) in [6.07, 6.45) is 3.56. The van der Waals surface area contributed by atoms with Gasteiger partial charge in [-0.3, -0.25) is 9.97 Å². The fourth-order valence-electron chi connectivity index (χ4n) is 11.2. The molecule has 2 heterocycles. The van der Waals surface area contributed by atoms with Crippen molar-refractivity contribution in [2.24, 2.45) is 0 Å². The van der Waals surface area contributed by atoms with Gasteiger partial charge in [0, 0.05) is 45.1 Å². The molecule has 0 bridgehead atoms. The van der Waals surface area contributed by atoms with Crippen LogP contribution in [0.2, 0.25) is 0 Å². The summed E-state index contributed by atoms with van der Waals surface area (Å²) >= 11 is 0. The van der Waals surface area contributed by atoms with E-state index in [4.69, 9.17) is 14.4 Å². The fraction of sp³-hybridized carbons (Fsp3) is 0.0169. The van der Waals surface area contributed by atoms with Gasteiger partial charge in [0.05, 0.1) is 16.4 Å². The van der Waals surface area contributed by atoms with Crippen molar-refractivity contribution in [3.05, 3.63) is 229 Å². The first kappa shape index (κ1) is 33.7. The summed E-state index contributed by atoms with van der Waals surface area (Å²) in [4.78, 5) is 9.50. The molecule has 0 radical (unpaired) electrons. The quantitative estimate of drug-likeness (QED) is 0.167. The van der Waals surface area contributed by atoms with E-state index in [2.05, 4.69) is 194 Å². The van der Waals surface area contributed by atoms with Crippen molar-refractivity contribution in [3.63, 3.8) is 0 Å². The number of hydrogen-bond donors (Lipinski definition) is 0. The van der Waals surface area contributed by atoms with Crippen LogP contribution in [0.4, 0.5) is 0 Å². The molecule has 2 aromatic heterocycles. The van der Waals surface area contributed by atoms with Gasteiger partial charge in [0.15, 0.2) is 0 Å². The Kier molecular flexibility index (Phi) is 6.76. The number of furan rings is 1. The van der Waals surface area contributed by atoms with Crippen LogP contribution in [0.15, 0.2) is 211 Å². The van der Waals surface area contributed by atoms with Crippen LogP contribution in [0.25, 0.3) is 110 Å². The van der Waals surface area contributed by atoms with Crippen LogP contribution >= 0.6 is 0 Å². The molecular formula is C59H34N2O. The first-order valence-corrected chi connectivity index (χ1v) is 21.3. The highest BCUT2D eigenvalue weighted by atomic mass is 16.3. The van der Waals surface area contributed by atoms with Crippen molar-refractivity contribution in [2.45, 2.75) is 5.41 Å². The Hall–Kier alpha value is -8.14. The van der Waals surface area contributed by atoms with E-state index in [9.17, 15) is 0 Å². The van der Waals surface area contributed by atoms with Gasteiger partial charge in [-0.25, -0.2) is 0 Å². The number of hydrogen-bond acceptors (Lipinski definition) is 3. The number of benzene rings is 10. The van der Waals surface area contributed by atoms with Crippen molar-refractivity contribution in [1.29, 1.82) is 0 Å². The highest BCUT2D eigenvalue weighted by molar-refractivity contribution is 6.23. The number of nitrogens with zero attached hydrogens (tertiary/aromatic N) is 2. The maximum Gasteiger partial charge on any atom is 0.143 e. The van der Waals surface area contributed by atoms with Crippen LogP contribution in [-0.4, -0.2) is 9.97 Å². The van der Waals surface area contributed by atoms with Gasteiger partial charge in [-0.2, -0.15) is 0 Å². The smallest absolute Gasteiger partial charge is 0.143 e. The molecule has 0 unspecified atom stereocenters. The lowest BCUT2D eigenvalue weighted by molar-refractivity contribution is 0.671. The summed E-state index contributed by atoms with van der Waals surface area (Å²) in [6, 6.07) is 71.3. The van der Waals surface area contributed by atoms with E-state index in [1.807, 2.05) is 0 Å². The van der Waals surface area contributed by atoms with Gasteiger partial charge in [-0.1, -0.05) is 176 Å². The van der Waals surface area contributed by atoms with Gasteiger partial charge in [0.1, 0.15) is 11.2 Å². The summed E-state index contributed by atoms with van der Waals surface area (Å²) in [5.41, 5.74) is 20.5.